The van der Waals surface area contributed by atoms with Crippen molar-refractivity contribution in [2.45, 2.75) is 29.9 Å². The zero-order valence-corrected chi connectivity index (χ0v) is 28.2. The number of nitrogens with zero attached hydrogens (tertiary/aromatic N) is 2. The molecule has 1 aromatic heterocycles. The Labute approximate surface area is 281 Å². The van der Waals surface area contributed by atoms with Crippen molar-refractivity contribution < 1.29 is 23.9 Å². The maximum Gasteiger partial charge on any atom is 0.339 e. The number of esters is 1. The molecule has 6 unspecified atom stereocenters. The number of imide groups is 1. The number of aryl methyl sites for hydroxylation is 2. The zero-order valence-electron chi connectivity index (χ0n) is 24.3. The molecule has 2 aliphatic carbocycles. The summed E-state index contributed by atoms with van der Waals surface area (Å²) in [6.07, 6.45) is 0.867. The first-order valence-electron chi connectivity index (χ1n) is 14.7. The van der Waals surface area contributed by atoms with Crippen LogP contribution in [0.3, 0.4) is 0 Å². The molecule has 0 spiro atoms. The highest BCUT2D eigenvalue weighted by Crippen LogP contribution is 2.60. The Kier molecular flexibility index (Phi) is 7.69. The van der Waals surface area contributed by atoms with Crippen LogP contribution in [0.2, 0.25) is 5.02 Å². The normalized spacial score (nSPS) is 25.2. The quantitative estimate of drug-likeness (QED) is 0.0878. The first-order valence-corrected chi connectivity index (χ1v) is 16.9. The second kappa shape index (κ2) is 11.4. The molecule has 228 valence electrons. The second-order valence-electron chi connectivity index (χ2n) is 12.1. The number of para-hydroxylation sites is 1. The summed E-state index contributed by atoms with van der Waals surface area (Å²) in [5, 5.41) is 0.854. The predicted octanol–water partition coefficient (Wildman–Crippen LogP) is 7.49. The lowest BCUT2D eigenvalue weighted by Crippen LogP contribution is -2.37. The van der Waals surface area contributed by atoms with Crippen molar-refractivity contribution in [1.82, 2.24) is 4.98 Å². The Morgan fingerprint density at radius 1 is 0.911 bits per heavy atom. The van der Waals surface area contributed by atoms with Gasteiger partial charge in [0.2, 0.25) is 11.8 Å². The monoisotopic (exact) mass is 748 g/mol. The fourth-order valence-corrected chi connectivity index (χ4v) is 9.21. The Balaban J connectivity index is 1.16. The van der Waals surface area contributed by atoms with Crippen LogP contribution in [0.4, 0.5) is 5.69 Å². The number of ether oxygens (including phenoxy) is 1. The van der Waals surface area contributed by atoms with Crippen LogP contribution in [0, 0.1) is 37.5 Å². The van der Waals surface area contributed by atoms with E-state index >= 15 is 0 Å². The van der Waals surface area contributed by atoms with Crippen molar-refractivity contribution in [3.8, 4) is 11.3 Å². The lowest BCUT2D eigenvalue weighted by Gasteiger charge is -2.28. The number of hydrogen-bond donors (Lipinski definition) is 0. The van der Waals surface area contributed by atoms with Gasteiger partial charge in [-0.2, -0.15) is 0 Å². The van der Waals surface area contributed by atoms with E-state index in [-0.39, 0.29) is 56.5 Å². The molecular formula is C35H27Br2ClN2O5. The molecule has 4 aromatic rings. The van der Waals surface area contributed by atoms with Gasteiger partial charge in [0.1, 0.15) is 0 Å². The van der Waals surface area contributed by atoms with E-state index in [1.54, 1.807) is 60.7 Å². The van der Waals surface area contributed by atoms with E-state index in [0.29, 0.717) is 38.4 Å². The summed E-state index contributed by atoms with van der Waals surface area (Å²) in [5.41, 5.74) is 4.76. The van der Waals surface area contributed by atoms with Crippen LogP contribution in [-0.2, 0) is 14.3 Å². The van der Waals surface area contributed by atoms with E-state index in [2.05, 4.69) is 31.9 Å². The minimum atomic E-state index is -0.677. The maximum absolute atomic E-state index is 13.5. The molecule has 2 amide bonds. The van der Waals surface area contributed by atoms with Gasteiger partial charge >= 0.3 is 5.97 Å². The van der Waals surface area contributed by atoms with Gasteiger partial charge in [0, 0.05) is 26.2 Å². The molecule has 0 radical (unpaired) electrons. The molecule has 6 atom stereocenters. The summed E-state index contributed by atoms with van der Waals surface area (Å²) in [5.74, 6) is -1.63. The number of anilines is 1. The van der Waals surface area contributed by atoms with Crippen LogP contribution in [0.5, 0.6) is 0 Å². The third-order valence-corrected chi connectivity index (χ3v) is 13.1. The van der Waals surface area contributed by atoms with Crippen LogP contribution in [0.1, 0.15) is 38.3 Å². The molecule has 0 N–H and O–H groups in total. The molecule has 10 heteroatoms. The largest absolute Gasteiger partial charge is 0.454 e. The molecule has 7 nitrogen and oxygen atoms in total. The number of Topliss-reactive ketones (excluding diaryl/α,β-unsaturated/α-hetero) is 1. The van der Waals surface area contributed by atoms with Crippen molar-refractivity contribution in [3.05, 3.63) is 94.0 Å². The van der Waals surface area contributed by atoms with E-state index in [4.69, 9.17) is 21.3 Å². The third-order valence-electron chi connectivity index (χ3n) is 9.58. The summed E-state index contributed by atoms with van der Waals surface area (Å²) in [4.78, 5) is 59.6. The van der Waals surface area contributed by atoms with Gasteiger partial charge in [-0.3, -0.25) is 19.3 Å². The van der Waals surface area contributed by atoms with Gasteiger partial charge in [-0.25, -0.2) is 9.78 Å². The van der Waals surface area contributed by atoms with Crippen molar-refractivity contribution in [2.75, 3.05) is 11.5 Å². The highest BCUT2D eigenvalue weighted by molar-refractivity contribution is 9.12. The van der Waals surface area contributed by atoms with E-state index in [0.717, 1.165) is 17.5 Å². The maximum atomic E-state index is 13.5. The smallest absolute Gasteiger partial charge is 0.339 e. The molecule has 2 heterocycles. The summed E-state index contributed by atoms with van der Waals surface area (Å²) < 4.78 is 5.49. The van der Waals surface area contributed by atoms with E-state index in [9.17, 15) is 19.2 Å². The van der Waals surface area contributed by atoms with Crippen LogP contribution in [0.15, 0.2) is 66.7 Å². The van der Waals surface area contributed by atoms with Gasteiger partial charge in [-0.05, 0) is 73.6 Å². The van der Waals surface area contributed by atoms with Crippen LogP contribution >= 0.6 is 43.5 Å². The van der Waals surface area contributed by atoms with E-state index in [1.807, 2.05) is 19.9 Å². The molecule has 2 saturated carbocycles. The van der Waals surface area contributed by atoms with Gasteiger partial charge in [0.25, 0.3) is 0 Å². The number of carbonyl (C=O) groups excluding carboxylic acids is 4. The minimum Gasteiger partial charge on any atom is -0.454 e. The molecule has 1 saturated heterocycles. The summed E-state index contributed by atoms with van der Waals surface area (Å²) >= 11 is 14.0. The molecule has 3 aliphatic rings. The first kappa shape index (κ1) is 30.3. The fraction of sp³-hybridized carbons (Fsp3) is 0.286. The number of ketones is 1. The number of rotatable bonds is 6. The van der Waals surface area contributed by atoms with E-state index < -0.39 is 12.6 Å². The SMILES string of the molecule is Cc1ccc(C(=O)COC(=O)c2cc(-c3ccc(N4C(=O)C5C6CC(C(Br)C6Br)C5C4=O)cc3)nc3c(Cl)cccc23)cc1C. The highest BCUT2D eigenvalue weighted by atomic mass is 79.9. The topological polar surface area (TPSA) is 93.6 Å². The van der Waals surface area contributed by atoms with Gasteiger partial charge in [-0.1, -0.05) is 79.9 Å². The van der Waals surface area contributed by atoms with Gasteiger partial charge in [0.15, 0.2) is 12.4 Å². The number of hydrogen-bond acceptors (Lipinski definition) is 6. The number of halogens is 3. The molecular weight excluding hydrogens is 724 g/mol. The average Bonchev–Trinajstić information content (AvgIpc) is 3.65. The Hall–Kier alpha value is -3.40. The molecule has 3 fully saturated rings. The molecule has 2 bridgehead atoms. The number of pyridine rings is 1. The lowest BCUT2D eigenvalue weighted by atomic mass is 9.81. The lowest BCUT2D eigenvalue weighted by molar-refractivity contribution is -0.123. The summed E-state index contributed by atoms with van der Waals surface area (Å²) in [7, 11) is 0. The van der Waals surface area contributed by atoms with Gasteiger partial charge in [-0.15, -0.1) is 0 Å². The van der Waals surface area contributed by atoms with Crippen molar-refractivity contribution in [2.24, 2.45) is 23.7 Å². The van der Waals surface area contributed by atoms with Crippen LogP contribution in [0.25, 0.3) is 22.2 Å². The van der Waals surface area contributed by atoms with E-state index in [1.165, 1.54) is 4.90 Å². The Bertz CT molecular complexity index is 1900. The first-order chi connectivity index (χ1) is 21.5. The Morgan fingerprint density at radius 2 is 1.58 bits per heavy atom. The number of benzene rings is 3. The van der Waals surface area contributed by atoms with Crippen molar-refractivity contribution >= 4 is 83.6 Å². The number of fused-ring (bicyclic) bond motifs is 6. The third kappa shape index (κ3) is 4.95. The summed E-state index contributed by atoms with van der Waals surface area (Å²) in [6.45, 7) is 3.47. The van der Waals surface area contributed by atoms with Gasteiger partial charge in [0.05, 0.1) is 39.3 Å². The average molecular weight is 751 g/mol. The number of carbonyl (C=O) groups is 4. The number of alkyl halides is 2. The molecule has 7 rings (SSSR count). The highest BCUT2D eigenvalue weighted by Gasteiger charge is 2.66. The fourth-order valence-electron chi connectivity index (χ4n) is 7.12. The van der Waals surface area contributed by atoms with Crippen LogP contribution in [-0.4, -0.2) is 44.8 Å². The number of amides is 2. The van der Waals surface area contributed by atoms with Crippen molar-refractivity contribution in [1.29, 1.82) is 0 Å². The molecule has 1 aliphatic heterocycles. The van der Waals surface area contributed by atoms with Crippen LogP contribution < -0.4 is 4.90 Å². The molecule has 45 heavy (non-hydrogen) atoms. The minimum absolute atomic E-state index is 0.131. The zero-order chi connectivity index (χ0) is 31.7. The second-order valence-corrected chi connectivity index (χ2v) is 14.6. The van der Waals surface area contributed by atoms with Gasteiger partial charge < -0.3 is 4.74 Å². The summed E-state index contributed by atoms with van der Waals surface area (Å²) in [6, 6.07) is 19.1. The molecule has 3 aromatic carbocycles. The Morgan fingerprint density at radius 3 is 2.22 bits per heavy atom. The predicted molar refractivity (Wildman–Crippen MR) is 179 cm³/mol. The standard InChI is InChI=1S/C35H27Br2ClN2O5/c1-16-6-7-19(12-17(16)2)27(41)15-45-35(44)22-14-26(39-32-21(22)4-3-5-25(32)38)18-8-10-20(11-9-18)40-33(42)28-23-13-24(29(28)34(40)43)31(37)30(23)36/h3-12,14,23-24,28-31H,13,15H2,1-2H3. The number of aromatic nitrogens is 1. The van der Waals surface area contributed by atoms with Crippen molar-refractivity contribution in [3.63, 3.8) is 0 Å².